The second-order valence-corrected chi connectivity index (χ2v) is 2.86. The molecule has 0 unspecified atom stereocenters. The van der Waals surface area contributed by atoms with Gasteiger partial charge >= 0.3 is 5.97 Å². The summed E-state index contributed by atoms with van der Waals surface area (Å²) in [7, 11) is 0. The van der Waals surface area contributed by atoms with Gasteiger partial charge in [-0.3, -0.25) is 4.79 Å². The van der Waals surface area contributed by atoms with Gasteiger partial charge in [0.1, 0.15) is 0 Å². The molecule has 0 rings (SSSR count). The van der Waals surface area contributed by atoms with Crippen molar-refractivity contribution >= 4 is 18.6 Å². The summed E-state index contributed by atoms with van der Waals surface area (Å²) in [4.78, 5) is 10.2. The van der Waals surface area contributed by atoms with Gasteiger partial charge in [-0.25, -0.2) is 0 Å². The standard InChI is InChI=1S/C6H12O2S/c1-5(9)3-4-8-6(2)7/h5,9H,3-4H2,1-2H3/t5-/m1/s1. The Morgan fingerprint density at radius 2 is 2.33 bits per heavy atom. The second kappa shape index (κ2) is 4.68. The first kappa shape index (κ1) is 8.82. The van der Waals surface area contributed by atoms with E-state index in [4.69, 9.17) is 0 Å². The molecule has 0 spiro atoms. The molecule has 0 aliphatic carbocycles. The molecule has 0 aliphatic rings. The predicted molar refractivity (Wildman–Crippen MR) is 39.7 cm³/mol. The van der Waals surface area contributed by atoms with Gasteiger partial charge in [0.05, 0.1) is 6.61 Å². The van der Waals surface area contributed by atoms with Gasteiger partial charge in [-0.05, 0) is 6.42 Å². The van der Waals surface area contributed by atoms with Crippen LogP contribution in [0.2, 0.25) is 0 Å². The van der Waals surface area contributed by atoms with Crippen molar-refractivity contribution in [3.63, 3.8) is 0 Å². The Morgan fingerprint density at radius 3 is 2.67 bits per heavy atom. The maximum atomic E-state index is 10.2. The van der Waals surface area contributed by atoms with Crippen LogP contribution in [0.15, 0.2) is 0 Å². The third kappa shape index (κ3) is 7.82. The molecule has 0 bridgehead atoms. The summed E-state index contributed by atoms with van der Waals surface area (Å²) in [5.41, 5.74) is 0. The Hall–Kier alpha value is -0.180. The van der Waals surface area contributed by atoms with Gasteiger partial charge in [0.15, 0.2) is 0 Å². The fourth-order valence-electron chi connectivity index (χ4n) is 0.373. The van der Waals surface area contributed by atoms with Gasteiger partial charge in [0, 0.05) is 12.2 Å². The first-order chi connectivity index (χ1) is 4.13. The number of thiol groups is 1. The summed E-state index contributed by atoms with van der Waals surface area (Å²) in [6.07, 6.45) is 0.822. The van der Waals surface area contributed by atoms with E-state index < -0.39 is 0 Å². The predicted octanol–water partition coefficient (Wildman–Crippen LogP) is 1.26. The van der Waals surface area contributed by atoms with Gasteiger partial charge in [-0.15, -0.1) is 0 Å². The molecule has 0 aromatic rings. The Balaban J connectivity index is 3.01. The molecule has 9 heavy (non-hydrogen) atoms. The minimum Gasteiger partial charge on any atom is -0.466 e. The Kier molecular flexibility index (Phi) is 4.58. The summed E-state index contributed by atoms with van der Waals surface area (Å²) in [6.45, 7) is 3.86. The molecule has 0 aromatic carbocycles. The lowest BCUT2D eigenvalue weighted by molar-refractivity contribution is -0.141. The van der Waals surface area contributed by atoms with E-state index in [-0.39, 0.29) is 5.97 Å². The second-order valence-electron chi connectivity index (χ2n) is 1.98. The minimum atomic E-state index is -0.219. The molecule has 0 N–H and O–H groups in total. The Morgan fingerprint density at radius 1 is 1.78 bits per heavy atom. The molecule has 0 radical (unpaired) electrons. The van der Waals surface area contributed by atoms with Crippen LogP contribution in [0.1, 0.15) is 20.3 Å². The number of hydrogen-bond donors (Lipinski definition) is 1. The van der Waals surface area contributed by atoms with Gasteiger partial charge in [-0.1, -0.05) is 6.92 Å². The topological polar surface area (TPSA) is 26.3 Å². The highest BCUT2D eigenvalue weighted by Crippen LogP contribution is 1.98. The Bertz CT molecular complexity index is 91.1. The molecule has 0 saturated carbocycles. The number of esters is 1. The lowest BCUT2D eigenvalue weighted by Crippen LogP contribution is -2.04. The van der Waals surface area contributed by atoms with Crippen molar-refractivity contribution in [3.05, 3.63) is 0 Å². The molecule has 3 heteroatoms. The molecule has 54 valence electrons. The van der Waals surface area contributed by atoms with Crippen molar-refractivity contribution in [3.8, 4) is 0 Å². The SMILES string of the molecule is CC(=O)OCC[C@@H](C)S. The number of carbonyl (C=O) groups is 1. The fraction of sp³-hybridized carbons (Fsp3) is 0.833. The van der Waals surface area contributed by atoms with Crippen LogP contribution >= 0.6 is 12.6 Å². The van der Waals surface area contributed by atoms with Crippen molar-refractivity contribution in [1.29, 1.82) is 0 Å². The van der Waals surface area contributed by atoms with Crippen LogP contribution < -0.4 is 0 Å². The van der Waals surface area contributed by atoms with Crippen LogP contribution in [0.5, 0.6) is 0 Å². The van der Waals surface area contributed by atoms with Crippen LogP contribution in [-0.2, 0) is 9.53 Å². The van der Waals surface area contributed by atoms with E-state index in [9.17, 15) is 4.79 Å². The van der Waals surface area contributed by atoms with Crippen LogP contribution in [-0.4, -0.2) is 17.8 Å². The van der Waals surface area contributed by atoms with Crippen molar-refractivity contribution < 1.29 is 9.53 Å². The average Bonchev–Trinajstić information content (AvgIpc) is 1.63. The number of carbonyl (C=O) groups excluding carboxylic acids is 1. The van der Waals surface area contributed by atoms with Crippen molar-refractivity contribution in [2.24, 2.45) is 0 Å². The summed E-state index contributed by atoms with van der Waals surface area (Å²) in [6, 6.07) is 0. The lowest BCUT2D eigenvalue weighted by atomic mass is 10.3. The largest absolute Gasteiger partial charge is 0.466 e. The highest BCUT2D eigenvalue weighted by atomic mass is 32.1. The van der Waals surface area contributed by atoms with E-state index in [0.29, 0.717) is 11.9 Å². The molecule has 0 heterocycles. The van der Waals surface area contributed by atoms with E-state index in [0.717, 1.165) is 6.42 Å². The van der Waals surface area contributed by atoms with Crippen LogP contribution in [0.3, 0.4) is 0 Å². The molecule has 0 aliphatic heterocycles. The minimum absolute atomic E-state index is 0.219. The molecule has 2 nitrogen and oxygen atoms in total. The summed E-state index contributed by atoms with van der Waals surface area (Å²) < 4.78 is 4.66. The van der Waals surface area contributed by atoms with E-state index >= 15 is 0 Å². The molecular formula is C6H12O2S. The molecule has 0 amide bonds. The van der Waals surface area contributed by atoms with Crippen LogP contribution in [0.4, 0.5) is 0 Å². The number of hydrogen-bond acceptors (Lipinski definition) is 3. The van der Waals surface area contributed by atoms with Crippen molar-refractivity contribution in [2.45, 2.75) is 25.5 Å². The smallest absolute Gasteiger partial charge is 0.302 e. The molecular weight excluding hydrogens is 136 g/mol. The molecule has 0 saturated heterocycles. The third-order valence-electron chi connectivity index (χ3n) is 0.841. The van der Waals surface area contributed by atoms with Gasteiger partial charge in [-0.2, -0.15) is 12.6 Å². The first-order valence-electron chi connectivity index (χ1n) is 2.94. The molecule has 1 atom stereocenters. The zero-order chi connectivity index (χ0) is 7.28. The summed E-state index contributed by atoms with van der Waals surface area (Å²) in [5.74, 6) is -0.219. The lowest BCUT2D eigenvalue weighted by Gasteiger charge is -2.02. The van der Waals surface area contributed by atoms with Crippen molar-refractivity contribution in [1.82, 2.24) is 0 Å². The van der Waals surface area contributed by atoms with E-state index in [1.807, 2.05) is 6.92 Å². The average molecular weight is 148 g/mol. The van der Waals surface area contributed by atoms with E-state index in [2.05, 4.69) is 17.4 Å². The normalized spacial score (nSPS) is 12.8. The number of rotatable bonds is 3. The maximum Gasteiger partial charge on any atom is 0.302 e. The summed E-state index contributed by atoms with van der Waals surface area (Å²) in [5, 5.41) is 0.310. The first-order valence-corrected chi connectivity index (χ1v) is 3.46. The van der Waals surface area contributed by atoms with Gasteiger partial charge in [0.2, 0.25) is 0 Å². The van der Waals surface area contributed by atoms with Gasteiger partial charge in [0.25, 0.3) is 0 Å². The Labute approximate surface area is 61.0 Å². The van der Waals surface area contributed by atoms with Gasteiger partial charge < -0.3 is 4.74 Å². The highest BCUT2D eigenvalue weighted by molar-refractivity contribution is 7.80. The monoisotopic (exact) mass is 148 g/mol. The highest BCUT2D eigenvalue weighted by Gasteiger charge is 1.95. The van der Waals surface area contributed by atoms with Crippen LogP contribution in [0.25, 0.3) is 0 Å². The molecule has 0 aromatic heterocycles. The zero-order valence-electron chi connectivity index (χ0n) is 5.76. The number of ether oxygens (including phenoxy) is 1. The zero-order valence-corrected chi connectivity index (χ0v) is 6.65. The third-order valence-corrected chi connectivity index (χ3v) is 1.10. The maximum absolute atomic E-state index is 10.2. The molecule has 0 fully saturated rings. The van der Waals surface area contributed by atoms with Crippen molar-refractivity contribution in [2.75, 3.05) is 6.61 Å². The van der Waals surface area contributed by atoms with E-state index in [1.54, 1.807) is 0 Å². The fourth-order valence-corrected chi connectivity index (χ4v) is 0.479. The quantitative estimate of drug-likeness (QED) is 0.481. The van der Waals surface area contributed by atoms with E-state index in [1.165, 1.54) is 6.92 Å². The summed E-state index contributed by atoms with van der Waals surface area (Å²) >= 11 is 4.11. The van der Waals surface area contributed by atoms with Crippen LogP contribution in [0, 0.1) is 0 Å².